The highest BCUT2D eigenvalue weighted by Gasteiger charge is 2.33. The third kappa shape index (κ3) is 6.49. The van der Waals surface area contributed by atoms with Gasteiger partial charge in [-0.1, -0.05) is 24.3 Å². The average Bonchev–Trinajstić information content (AvgIpc) is 3.31. The van der Waals surface area contributed by atoms with Crippen LogP contribution in [-0.2, 0) is 21.9 Å². The number of ether oxygens (including phenoxy) is 2. The van der Waals surface area contributed by atoms with E-state index in [1.807, 2.05) is 64.1 Å². The van der Waals surface area contributed by atoms with Crippen LogP contribution in [0.25, 0.3) is 11.3 Å². The zero-order chi connectivity index (χ0) is 29.3. The Bertz CT molecular complexity index is 1670. The molecule has 1 N–H and O–H groups in total. The first-order valence-corrected chi connectivity index (χ1v) is 14.6. The third-order valence-corrected chi connectivity index (χ3v) is 7.99. The first-order valence-electron chi connectivity index (χ1n) is 13.1. The van der Waals surface area contributed by atoms with E-state index < -0.39 is 10.0 Å². The topological polar surface area (TPSA) is 129 Å². The molecule has 2 aromatic heterocycles. The highest BCUT2D eigenvalue weighted by molar-refractivity contribution is 7.92. The number of amides is 1. The Morgan fingerprint density at radius 3 is 2.34 bits per heavy atom. The van der Waals surface area contributed by atoms with E-state index in [9.17, 15) is 13.2 Å². The van der Waals surface area contributed by atoms with Crippen LogP contribution in [0, 0.1) is 27.7 Å². The van der Waals surface area contributed by atoms with E-state index in [0.717, 1.165) is 27.8 Å². The highest BCUT2D eigenvalue weighted by Crippen LogP contribution is 2.30. The summed E-state index contributed by atoms with van der Waals surface area (Å²) in [6, 6.07) is 13.4. The average molecular weight is 577 g/mol. The van der Waals surface area contributed by atoms with Crippen LogP contribution in [0.2, 0.25) is 0 Å². The Kier molecular flexibility index (Phi) is 7.68. The van der Waals surface area contributed by atoms with E-state index in [0.29, 0.717) is 24.5 Å². The molecule has 5 rings (SSSR count). The van der Waals surface area contributed by atoms with Gasteiger partial charge in [-0.15, -0.1) is 0 Å². The fourth-order valence-electron chi connectivity index (χ4n) is 4.73. The Morgan fingerprint density at radius 2 is 1.71 bits per heavy atom. The number of nitrogens with one attached hydrogen (secondary N) is 1. The summed E-state index contributed by atoms with van der Waals surface area (Å²) >= 11 is 0. The molecule has 2 aromatic carbocycles. The minimum absolute atomic E-state index is 0.0141. The van der Waals surface area contributed by atoms with Crippen molar-refractivity contribution in [3.63, 3.8) is 0 Å². The van der Waals surface area contributed by atoms with Gasteiger partial charge in [-0.05, 0) is 62.1 Å². The lowest BCUT2D eigenvalue weighted by molar-refractivity contribution is -0.142. The molecule has 1 amide bonds. The third-order valence-electron chi connectivity index (χ3n) is 6.70. The monoisotopic (exact) mass is 576 g/mol. The Morgan fingerprint density at radius 1 is 1.02 bits per heavy atom. The molecule has 0 spiro atoms. The predicted octanol–water partition coefficient (Wildman–Crippen LogP) is 3.58. The molecule has 0 atom stereocenters. The lowest BCUT2D eigenvalue weighted by Crippen LogP contribution is -2.57. The molecule has 4 aromatic rings. The van der Waals surface area contributed by atoms with Crippen molar-refractivity contribution in [2.24, 2.45) is 7.05 Å². The van der Waals surface area contributed by atoms with Crippen molar-refractivity contribution in [3.05, 3.63) is 77.1 Å². The second kappa shape index (κ2) is 11.2. The number of carbonyl (C=O) groups is 1. The smallest absolute Gasteiger partial charge is 0.267 e. The van der Waals surface area contributed by atoms with Crippen LogP contribution >= 0.6 is 0 Å². The van der Waals surface area contributed by atoms with Gasteiger partial charge in [-0.2, -0.15) is 10.1 Å². The molecule has 11 nitrogen and oxygen atoms in total. The standard InChI is InChI=1S/C29H32N6O5S/c1-18-9-19(2)11-22(10-18)39-17-27(36)35-14-23(15-35)40-26-12-25(28-20(3)7-6-8-21(28)4)31-29(32-26)33-41(37,38)24-13-30-34(5)16-24/h6-13,16,23H,14-15,17H2,1-5H3,(H,31,32,33). The fraction of sp³-hybridized carbons (Fsp3) is 0.310. The molecular weight excluding hydrogens is 544 g/mol. The van der Waals surface area contributed by atoms with Crippen molar-refractivity contribution in [3.8, 4) is 22.9 Å². The molecule has 0 unspecified atom stereocenters. The molecule has 12 heteroatoms. The maximum absolute atomic E-state index is 13.0. The van der Waals surface area contributed by atoms with Crippen LogP contribution in [0.4, 0.5) is 5.95 Å². The van der Waals surface area contributed by atoms with Gasteiger partial charge in [0.25, 0.3) is 15.9 Å². The summed E-state index contributed by atoms with van der Waals surface area (Å²) in [6.07, 6.45) is 2.32. The van der Waals surface area contributed by atoms with E-state index in [2.05, 4.69) is 19.8 Å². The largest absolute Gasteiger partial charge is 0.484 e. The van der Waals surface area contributed by atoms with Gasteiger partial charge in [0.1, 0.15) is 16.7 Å². The summed E-state index contributed by atoms with van der Waals surface area (Å²) in [5.74, 6) is 0.585. The van der Waals surface area contributed by atoms with Crippen LogP contribution in [0.3, 0.4) is 0 Å². The Hall–Kier alpha value is -4.45. The van der Waals surface area contributed by atoms with Crippen LogP contribution in [0.1, 0.15) is 22.3 Å². The zero-order valence-electron chi connectivity index (χ0n) is 23.6. The number of aromatic nitrogens is 4. The SMILES string of the molecule is Cc1cc(C)cc(OCC(=O)N2CC(Oc3cc(-c4c(C)cccc4C)nc(NS(=O)(=O)c4cnn(C)c4)n3)C2)c1. The Balaban J connectivity index is 1.31. The quantitative estimate of drug-likeness (QED) is 0.320. The van der Waals surface area contributed by atoms with Gasteiger partial charge in [0.15, 0.2) is 6.61 Å². The second-order valence-corrected chi connectivity index (χ2v) is 12.0. The molecule has 1 aliphatic rings. The summed E-state index contributed by atoms with van der Waals surface area (Å²) in [4.78, 5) is 23.1. The van der Waals surface area contributed by atoms with Gasteiger partial charge in [0, 0.05) is 24.9 Å². The van der Waals surface area contributed by atoms with Crippen molar-refractivity contribution in [1.29, 1.82) is 0 Å². The molecule has 3 heterocycles. The number of rotatable bonds is 9. The van der Waals surface area contributed by atoms with E-state index in [-0.39, 0.29) is 35.3 Å². The van der Waals surface area contributed by atoms with Gasteiger partial charge in [0.05, 0.1) is 25.0 Å². The van der Waals surface area contributed by atoms with Crippen molar-refractivity contribution >= 4 is 21.9 Å². The summed E-state index contributed by atoms with van der Waals surface area (Å²) < 4.78 is 41.6. The lowest BCUT2D eigenvalue weighted by Gasteiger charge is -2.38. The molecule has 0 saturated carbocycles. The van der Waals surface area contributed by atoms with E-state index >= 15 is 0 Å². The van der Waals surface area contributed by atoms with Gasteiger partial charge >= 0.3 is 0 Å². The summed E-state index contributed by atoms with van der Waals surface area (Å²) in [7, 11) is -2.35. The fourth-order valence-corrected chi connectivity index (χ4v) is 5.66. The Labute approximate surface area is 239 Å². The van der Waals surface area contributed by atoms with E-state index in [4.69, 9.17) is 9.47 Å². The predicted molar refractivity (Wildman–Crippen MR) is 153 cm³/mol. The van der Waals surface area contributed by atoms with E-state index in [1.54, 1.807) is 18.0 Å². The molecule has 0 aliphatic carbocycles. The van der Waals surface area contributed by atoms with E-state index in [1.165, 1.54) is 17.1 Å². The first-order chi connectivity index (χ1) is 19.5. The highest BCUT2D eigenvalue weighted by atomic mass is 32.2. The molecule has 1 fully saturated rings. The summed E-state index contributed by atoms with van der Waals surface area (Å²) in [6.45, 7) is 8.52. The number of hydrogen-bond donors (Lipinski definition) is 1. The van der Waals surface area contributed by atoms with Crippen LogP contribution in [-0.4, -0.2) is 64.8 Å². The number of sulfonamides is 1. The summed E-state index contributed by atoms with van der Waals surface area (Å²) in [5.41, 5.74) is 5.45. The second-order valence-electron chi connectivity index (χ2n) is 10.3. The molecule has 0 radical (unpaired) electrons. The molecule has 41 heavy (non-hydrogen) atoms. The molecule has 214 valence electrons. The van der Waals surface area contributed by atoms with Gasteiger partial charge < -0.3 is 14.4 Å². The van der Waals surface area contributed by atoms with Crippen LogP contribution in [0.15, 0.2) is 59.8 Å². The summed E-state index contributed by atoms with van der Waals surface area (Å²) in [5, 5.41) is 3.94. The van der Waals surface area contributed by atoms with Gasteiger partial charge in [0.2, 0.25) is 11.8 Å². The van der Waals surface area contributed by atoms with Crippen molar-refractivity contribution < 1.29 is 22.7 Å². The number of aryl methyl sites for hydroxylation is 5. The van der Waals surface area contributed by atoms with Crippen molar-refractivity contribution in [2.45, 2.75) is 38.7 Å². The minimum atomic E-state index is -3.98. The van der Waals surface area contributed by atoms with Gasteiger partial charge in [-0.3, -0.25) is 9.48 Å². The van der Waals surface area contributed by atoms with Gasteiger partial charge in [-0.25, -0.2) is 18.1 Å². The zero-order valence-corrected chi connectivity index (χ0v) is 24.4. The maximum Gasteiger partial charge on any atom is 0.267 e. The van der Waals surface area contributed by atoms with Crippen LogP contribution < -0.4 is 14.2 Å². The molecule has 1 aliphatic heterocycles. The molecule has 1 saturated heterocycles. The van der Waals surface area contributed by atoms with Crippen molar-refractivity contribution in [2.75, 3.05) is 24.4 Å². The number of nitrogens with zero attached hydrogens (tertiary/aromatic N) is 5. The molecular formula is C29H32N6O5S. The molecule has 0 bridgehead atoms. The number of carbonyl (C=O) groups excluding carboxylic acids is 1. The van der Waals surface area contributed by atoms with Crippen LogP contribution in [0.5, 0.6) is 11.6 Å². The maximum atomic E-state index is 13.0. The lowest BCUT2D eigenvalue weighted by atomic mass is 10.00. The number of anilines is 1. The number of benzene rings is 2. The number of hydrogen-bond acceptors (Lipinski definition) is 8. The number of likely N-dealkylation sites (tertiary alicyclic amines) is 1. The minimum Gasteiger partial charge on any atom is -0.484 e. The first kappa shape index (κ1) is 28.1. The van der Waals surface area contributed by atoms with Crippen molar-refractivity contribution in [1.82, 2.24) is 24.6 Å². The normalized spacial score (nSPS) is 13.5.